The van der Waals surface area contributed by atoms with E-state index < -0.39 is 42.3 Å². The van der Waals surface area contributed by atoms with Crippen molar-refractivity contribution in [1.29, 1.82) is 0 Å². The Morgan fingerprint density at radius 1 is 1.11 bits per heavy atom. The minimum Gasteiger partial charge on any atom is -0.550 e. The summed E-state index contributed by atoms with van der Waals surface area (Å²) >= 11 is 0. The molecule has 8 nitrogen and oxygen atoms in total. The molecule has 0 radical (unpaired) electrons. The van der Waals surface area contributed by atoms with Gasteiger partial charge in [-0.15, -0.1) is 0 Å². The Morgan fingerprint density at radius 2 is 1.56 bits per heavy atom. The van der Waals surface area contributed by atoms with Gasteiger partial charge in [-0.3, -0.25) is 9.59 Å². The third-order valence-corrected chi connectivity index (χ3v) is 1.51. The summed E-state index contributed by atoms with van der Waals surface area (Å²) in [5.41, 5.74) is -2.95. The van der Waals surface area contributed by atoms with Gasteiger partial charge in [-0.2, -0.15) is 0 Å². The van der Waals surface area contributed by atoms with Gasteiger partial charge in [0.15, 0.2) is 0 Å². The number of hydrogen-bond acceptors (Lipinski definition) is 8. The third kappa shape index (κ3) is 9.03. The van der Waals surface area contributed by atoms with E-state index in [0.29, 0.717) is 0 Å². The molecule has 0 fully saturated rings. The minimum atomic E-state index is -2.95. The third-order valence-electron chi connectivity index (χ3n) is 1.51. The number of carboxylic acid groups (broad SMARTS) is 2. The summed E-state index contributed by atoms with van der Waals surface area (Å²) in [6.45, 7) is 0.884. The summed E-state index contributed by atoms with van der Waals surface area (Å²) in [5, 5.41) is 29.8. The molecule has 1 N–H and O–H groups in total. The molecule has 0 aromatic carbocycles. The summed E-state index contributed by atoms with van der Waals surface area (Å²) in [5.74, 6) is -6.45. The molecule has 0 aliphatic heterocycles. The SMILES string of the molecule is CC(=O)OC(=O)CC(O)(CC(=O)[O-])C(=O)[O-].[Na+].[Na+]. The van der Waals surface area contributed by atoms with Crippen LogP contribution in [0.2, 0.25) is 0 Å². The first-order valence-electron chi connectivity index (χ1n) is 4.02. The van der Waals surface area contributed by atoms with Crippen LogP contribution in [-0.2, 0) is 23.9 Å². The summed E-state index contributed by atoms with van der Waals surface area (Å²) < 4.78 is 3.94. The first kappa shape index (κ1) is 23.2. The number of rotatable bonds is 5. The second kappa shape index (κ2) is 9.90. The molecule has 0 amide bonds. The van der Waals surface area contributed by atoms with Crippen LogP contribution < -0.4 is 69.3 Å². The number of carbonyl (C=O) groups is 4. The van der Waals surface area contributed by atoms with Gasteiger partial charge in [0.05, 0.1) is 12.4 Å². The van der Waals surface area contributed by atoms with Crippen LogP contribution in [0.4, 0.5) is 0 Å². The van der Waals surface area contributed by atoms with Gasteiger partial charge < -0.3 is 29.6 Å². The zero-order chi connectivity index (χ0) is 12.9. The summed E-state index contributed by atoms with van der Waals surface area (Å²) in [7, 11) is 0. The fraction of sp³-hybridized carbons (Fsp3) is 0.500. The maximum atomic E-state index is 10.8. The van der Waals surface area contributed by atoms with Crippen molar-refractivity contribution in [3.05, 3.63) is 0 Å². The number of aliphatic carboxylic acids is 2. The second-order valence-electron chi connectivity index (χ2n) is 3.01. The number of carboxylic acids is 2. The van der Waals surface area contributed by atoms with Crippen LogP contribution in [0.5, 0.6) is 0 Å². The Kier molecular flexibility index (Phi) is 12.7. The molecule has 90 valence electrons. The van der Waals surface area contributed by atoms with Crippen molar-refractivity contribution in [1.82, 2.24) is 0 Å². The predicted octanol–water partition coefficient (Wildman–Crippen LogP) is -9.90. The van der Waals surface area contributed by atoms with Crippen LogP contribution in [0.3, 0.4) is 0 Å². The molecule has 10 heteroatoms. The first-order valence-corrected chi connectivity index (χ1v) is 4.02. The van der Waals surface area contributed by atoms with Crippen LogP contribution in [0.1, 0.15) is 19.8 Å². The number of hydrogen-bond donors (Lipinski definition) is 1. The molecular weight excluding hydrogens is 270 g/mol. The van der Waals surface area contributed by atoms with E-state index in [-0.39, 0.29) is 59.1 Å². The van der Waals surface area contributed by atoms with E-state index in [0.717, 1.165) is 6.92 Å². The molecule has 0 saturated heterocycles. The van der Waals surface area contributed by atoms with Crippen molar-refractivity contribution < 1.29 is 98.3 Å². The molecule has 0 spiro atoms. The number of ether oxygens (including phenoxy) is 1. The Hall–Kier alpha value is 0.0400. The average molecular weight is 278 g/mol. The average Bonchev–Trinajstić information content (AvgIpc) is 1.98. The molecule has 0 saturated carbocycles. The molecule has 0 rings (SSSR count). The van der Waals surface area contributed by atoms with Crippen molar-refractivity contribution in [3.8, 4) is 0 Å². The molecule has 0 aromatic heterocycles. The predicted molar refractivity (Wildman–Crippen MR) is 41.0 cm³/mol. The van der Waals surface area contributed by atoms with Gasteiger partial charge >= 0.3 is 71.1 Å². The molecule has 0 heterocycles. The van der Waals surface area contributed by atoms with Gasteiger partial charge in [0.2, 0.25) is 0 Å². The van der Waals surface area contributed by atoms with E-state index in [1.165, 1.54) is 0 Å². The Balaban J connectivity index is -0.00000112. The fourth-order valence-electron chi connectivity index (χ4n) is 0.881. The van der Waals surface area contributed by atoms with Crippen molar-refractivity contribution >= 4 is 23.9 Å². The quantitative estimate of drug-likeness (QED) is 0.296. The molecular formula is C8H8Na2O8. The van der Waals surface area contributed by atoms with Crippen molar-refractivity contribution in [2.24, 2.45) is 0 Å². The fourth-order valence-corrected chi connectivity index (χ4v) is 0.881. The van der Waals surface area contributed by atoms with Crippen LogP contribution >= 0.6 is 0 Å². The van der Waals surface area contributed by atoms with E-state index in [2.05, 4.69) is 4.74 Å². The standard InChI is InChI=1S/C8H10O8.2Na/c1-4(9)16-6(12)3-8(15,7(13)14)2-5(10)11;;/h15H,2-3H2,1H3,(H,10,11)(H,13,14);;/q;2*+1/p-2. The Bertz CT molecular complexity index is 342. The topological polar surface area (TPSA) is 144 Å². The van der Waals surface area contributed by atoms with E-state index in [4.69, 9.17) is 0 Å². The molecule has 1 atom stereocenters. The molecule has 0 aliphatic carbocycles. The largest absolute Gasteiger partial charge is 1.00 e. The maximum absolute atomic E-state index is 10.8. The Morgan fingerprint density at radius 3 is 1.83 bits per heavy atom. The molecule has 0 bridgehead atoms. The maximum Gasteiger partial charge on any atom is 1.00 e. The summed E-state index contributed by atoms with van der Waals surface area (Å²) in [6, 6.07) is 0. The van der Waals surface area contributed by atoms with Crippen molar-refractivity contribution in [2.75, 3.05) is 0 Å². The van der Waals surface area contributed by atoms with Crippen molar-refractivity contribution in [2.45, 2.75) is 25.4 Å². The summed E-state index contributed by atoms with van der Waals surface area (Å²) in [6.07, 6.45) is -2.56. The van der Waals surface area contributed by atoms with Crippen molar-refractivity contribution in [3.63, 3.8) is 0 Å². The first-order chi connectivity index (χ1) is 7.17. The molecule has 1 unspecified atom stereocenters. The van der Waals surface area contributed by atoms with Crippen LogP contribution in [-0.4, -0.2) is 34.6 Å². The zero-order valence-corrected chi connectivity index (χ0v) is 14.2. The smallest absolute Gasteiger partial charge is 0.550 e. The monoisotopic (exact) mass is 278 g/mol. The van der Waals surface area contributed by atoms with E-state index in [1.54, 1.807) is 0 Å². The minimum absolute atomic E-state index is 0. The van der Waals surface area contributed by atoms with Gasteiger partial charge in [-0.05, 0) is 0 Å². The summed E-state index contributed by atoms with van der Waals surface area (Å²) in [4.78, 5) is 41.7. The number of esters is 2. The molecule has 0 aliphatic rings. The van der Waals surface area contributed by atoms with E-state index in [9.17, 15) is 34.5 Å². The van der Waals surface area contributed by atoms with Gasteiger partial charge in [-0.25, -0.2) is 0 Å². The van der Waals surface area contributed by atoms with Crippen LogP contribution in [0.15, 0.2) is 0 Å². The molecule has 18 heavy (non-hydrogen) atoms. The van der Waals surface area contributed by atoms with Crippen LogP contribution in [0, 0.1) is 0 Å². The van der Waals surface area contributed by atoms with Gasteiger partial charge in [0.25, 0.3) is 0 Å². The van der Waals surface area contributed by atoms with Gasteiger partial charge in [0, 0.05) is 19.3 Å². The van der Waals surface area contributed by atoms with E-state index >= 15 is 0 Å². The van der Waals surface area contributed by atoms with E-state index in [1.807, 2.05) is 0 Å². The van der Waals surface area contributed by atoms with Gasteiger partial charge in [0.1, 0.15) is 5.60 Å². The number of aliphatic hydroxyl groups is 1. The Labute approximate surface area is 146 Å². The van der Waals surface area contributed by atoms with Crippen LogP contribution in [0.25, 0.3) is 0 Å². The molecule has 0 aromatic rings. The zero-order valence-electron chi connectivity index (χ0n) is 10.2. The normalized spacial score (nSPS) is 12.1. The second-order valence-corrected chi connectivity index (χ2v) is 3.01. The van der Waals surface area contributed by atoms with Gasteiger partial charge in [-0.1, -0.05) is 0 Å². The number of carbonyl (C=O) groups excluding carboxylic acids is 4.